The summed E-state index contributed by atoms with van der Waals surface area (Å²) in [6.45, 7) is 4.95. The van der Waals surface area contributed by atoms with E-state index >= 15 is 0 Å². The van der Waals surface area contributed by atoms with Gasteiger partial charge in [-0.05, 0) is 26.2 Å². The third-order valence-corrected chi connectivity index (χ3v) is 2.84. The summed E-state index contributed by atoms with van der Waals surface area (Å²) in [5.74, 6) is -0.962. The summed E-state index contributed by atoms with van der Waals surface area (Å²) < 4.78 is 9.93. The smallest absolute Gasteiger partial charge is 0.333 e. The number of aliphatic hydroxyl groups excluding tert-OH is 1. The molecule has 0 spiro atoms. The first-order valence-corrected chi connectivity index (χ1v) is 6.21. The molecule has 0 saturated heterocycles. The van der Waals surface area contributed by atoms with Crippen molar-refractivity contribution in [2.24, 2.45) is 0 Å². The van der Waals surface area contributed by atoms with E-state index in [0.717, 1.165) is 12.8 Å². The van der Waals surface area contributed by atoms with Gasteiger partial charge in [-0.2, -0.15) is 0 Å². The maximum atomic E-state index is 11.5. The van der Waals surface area contributed by atoms with Gasteiger partial charge in [0.25, 0.3) is 0 Å². The van der Waals surface area contributed by atoms with Crippen LogP contribution in [0.1, 0.15) is 39.0 Å². The van der Waals surface area contributed by atoms with Gasteiger partial charge in [-0.3, -0.25) is 4.79 Å². The molecule has 2 atom stereocenters. The molecular formula is C13H20O5. The van der Waals surface area contributed by atoms with E-state index in [-0.39, 0.29) is 13.0 Å². The summed E-state index contributed by atoms with van der Waals surface area (Å²) in [6, 6.07) is 0. The Kier molecular flexibility index (Phi) is 5.85. The highest BCUT2D eigenvalue weighted by Crippen LogP contribution is 2.21. The van der Waals surface area contributed by atoms with Crippen LogP contribution in [0, 0.1) is 0 Å². The lowest BCUT2D eigenvalue weighted by Gasteiger charge is -2.27. The van der Waals surface area contributed by atoms with Crippen LogP contribution < -0.4 is 0 Å². The second-order valence-corrected chi connectivity index (χ2v) is 4.55. The molecule has 0 aliphatic heterocycles. The zero-order valence-corrected chi connectivity index (χ0v) is 10.7. The van der Waals surface area contributed by atoms with E-state index in [9.17, 15) is 14.7 Å². The number of aliphatic hydroxyl groups is 1. The van der Waals surface area contributed by atoms with Gasteiger partial charge in [0.1, 0.15) is 12.7 Å². The second-order valence-electron chi connectivity index (χ2n) is 4.55. The molecule has 0 heterocycles. The number of ether oxygens (including phenoxy) is 2. The van der Waals surface area contributed by atoms with Crippen LogP contribution in [0.5, 0.6) is 0 Å². The molecule has 5 heteroatoms. The largest absolute Gasteiger partial charge is 0.462 e. The zero-order valence-electron chi connectivity index (χ0n) is 10.7. The van der Waals surface area contributed by atoms with E-state index in [1.807, 2.05) is 0 Å². The maximum absolute atomic E-state index is 11.5. The van der Waals surface area contributed by atoms with Crippen LogP contribution in [0.4, 0.5) is 0 Å². The number of rotatable bonds is 5. The molecule has 102 valence electrons. The number of carbonyl (C=O) groups is 2. The molecule has 1 aliphatic rings. The molecule has 0 radical (unpaired) electrons. The van der Waals surface area contributed by atoms with Gasteiger partial charge in [-0.1, -0.05) is 13.0 Å². The number of esters is 2. The Balaban J connectivity index is 2.21. The SMILES string of the molecule is C=C(C)C(=O)OCCC(=O)OC1CCCCC1O. The minimum absolute atomic E-state index is 0.00222. The van der Waals surface area contributed by atoms with Crippen molar-refractivity contribution in [1.82, 2.24) is 0 Å². The van der Waals surface area contributed by atoms with Crippen molar-refractivity contribution in [2.75, 3.05) is 6.61 Å². The van der Waals surface area contributed by atoms with Crippen LogP contribution >= 0.6 is 0 Å². The lowest BCUT2D eigenvalue weighted by atomic mass is 9.95. The van der Waals surface area contributed by atoms with Crippen molar-refractivity contribution in [3.05, 3.63) is 12.2 Å². The first kappa shape index (κ1) is 14.7. The number of hydrogen-bond acceptors (Lipinski definition) is 5. The monoisotopic (exact) mass is 256 g/mol. The van der Waals surface area contributed by atoms with Gasteiger partial charge in [-0.25, -0.2) is 4.79 Å². The molecule has 5 nitrogen and oxygen atoms in total. The van der Waals surface area contributed by atoms with E-state index in [1.165, 1.54) is 0 Å². The van der Waals surface area contributed by atoms with Crippen molar-refractivity contribution in [3.8, 4) is 0 Å². The van der Waals surface area contributed by atoms with Crippen LogP contribution in [-0.2, 0) is 19.1 Å². The van der Waals surface area contributed by atoms with E-state index in [4.69, 9.17) is 9.47 Å². The minimum Gasteiger partial charge on any atom is -0.462 e. The molecular weight excluding hydrogens is 236 g/mol. The average Bonchev–Trinajstić information content (AvgIpc) is 2.32. The molecule has 0 aromatic carbocycles. The molecule has 1 saturated carbocycles. The Morgan fingerprint density at radius 3 is 2.61 bits per heavy atom. The van der Waals surface area contributed by atoms with Gasteiger partial charge in [0.15, 0.2) is 0 Å². The summed E-state index contributed by atoms with van der Waals surface area (Å²) in [4.78, 5) is 22.5. The van der Waals surface area contributed by atoms with Crippen LogP contribution in [0.15, 0.2) is 12.2 Å². The maximum Gasteiger partial charge on any atom is 0.333 e. The van der Waals surface area contributed by atoms with E-state index in [1.54, 1.807) is 6.92 Å². The standard InChI is InChI=1S/C13H20O5/c1-9(2)13(16)17-8-7-12(15)18-11-6-4-3-5-10(11)14/h10-11,14H,1,3-8H2,2H3. The highest BCUT2D eigenvalue weighted by Gasteiger charge is 2.26. The first-order chi connectivity index (χ1) is 8.50. The molecule has 0 aromatic rings. The van der Waals surface area contributed by atoms with Crippen molar-refractivity contribution < 1.29 is 24.2 Å². The minimum atomic E-state index is -0.569. The quantitative estimate of drug-likeness (QED) is 0.593. The van der Waals surface area contributed by atoms with E-state index in [2.05, 4.69) is 6.58 Å². The Bertz CT molecular complexity index is 323. The van der Waals surface area contributed by atoms with Crippen molar-refractivity contribution in [2.45, 2.75) is 51.2 Å². The van der Waals surface area contributed by atoms with Gasteiger partial charge in [-0.15, -0.1) is 0 Å². The Labute approximate surface area is 107 Å². The lowest BCUT2D eigenvalue weighted by Crippen LogP contribution is -2.34. The first-order valence-electron chi connectivity index (χ1n) is 6.21. The summed E-state index contributed by atoms with van der Waals surface area (Å²) in [6.07, 6.45) is 2.30. The molecule has 1 N–H and O–H groups in total. The van der Waals surface area contributed by atoms with Gasteiger partial charge < -0.3 is 14.6 Å². The fourth-order valence-electron chi connectivity index (χ4n) is 1.79. The third kappa shape index (κ3) is 4.87. The fraction of sp³-hybridized carbons (Fsp3) is 0.692. The van der Waals surface area contributed by atoms with Crippen LogP contribution in [0.2, 0.25) is 0 Å². The summed E-state index contributed by atoms with van der Waals surface area (Å²) in [5, 5.41) is 9.63. The van der Waals surface area contributed by atoms with Crippen molar-refractivity contribution >= 4 is 11.9 Å². The van der Waals surface area contributed by atoms with Gasteiger partial charge >= 0.3 is 11.9 Å². The Morgan fingerprint density at radius 1 is 1.33 bits per heavy atom. The summed E-state index contributed by atoms with van der Waals surface area (Å²) in [5.41, 5.74) is 0.297. The second kappa shape index (κ2) is 7.16. The van der Waals surface area contributed by atoms with Gasteiger partial charge in [0, 0.05) is 5.57 Å². The fourth-order valence-corrected chi connectivity index (χ4v) is 1.79. The van der Waals surface area contributed by atoms with Crippen molar-refractivity contribution in [3.63, 3.8) is 0 Å². The van der Waals surface area contributed by atoms with Crippen LogP contribution in [0.3, 0.4) is 0 Å². The molecule has 0 bridgehead atoms. The lowest BCUT2D eigenvalue weighted by molar-refractivity contribution is -0.159. The predicted molar refractivity (Wildman–Crippen MR) is 64.7 cm³/mol. The third-order valence-electron chi connectivity index (χ3n) is 2.84. The molecule has 18 heavy (non-hydrogen) atoms. The predicted octanol–water partition coefficient (Wildman–Crippen LogP) is 1.34. The van der Waals surface area contributed by atoms with Crippen LogP contribution in [0.25, 0.3) is 0 Å². The Hall–Kier alpha value is -1.36. The average molecular weight is 256 g/mol. The molecule has 0 aromatic heterocycles. The Morgan fingerprint density at radius 2 is 2.00 bits per heavy atom. The van der Waals surface area contributed by atoms with Crippen LogP contribution in [-0.4, -0.2) is 35.9 Å². The van der Waals surface area contributed by atoms with E-state index in [0.29, 0.717) is 18.4 Å². The zero-order chi connectivity index (χ0) is 13.5. The summed E-state index contributed by atoms with van der Waals surface area (Å²) >= 11 is 0. The number of hydrogen-bond donors (Lipinski definition) is 1. The topological polar surface area (TPSA) is 72.8 Å². The van der Waals surface area contributed by atoms with E-state index < -0.39 is 24.1 Å². The van der Waals surface area contributed by atoms with Gasteiger partial charge in [0.2, 0.25) is 0 Å². The molecule has 1 aliphatic carbocycles. The highest BCUT2D eigenvalue weighted by molar-refractivity contribution is 5.87. The number of carbonyl (C=O) groups excluding carboxylic acids is 2. The highest BCUT2D eigenvalue weighted by atomic mass is 16.6. The van der Waals surface area contributed by atoms with Crippen molar-refractivity contribution in [1.29, 1.82) is 0 Å². The normalized spacial score (nSPS) is 23.2. The molecule has 1 rings (SSSR count). The van der Waals surface area contributed by atoms with Gasteiger partial charge in [0.05, 0.1) is 12.5 Å². The molecule has 0 amide bonds. The summed E-state index contributed by atoms with van der Waals surface area (Å²) in [7, 11) is 0. The molecule has 2 unspecified atom stereocenters. The molecule has 1 fully saturated rings.